The van der Waals surface area contributed by atoms with E-state index < -0.39 is 20.4 Å². The summed E-state index contributed by atoms with van der Waals surface area (Å²) in [6, 6.07) is 3.74. The summed E-state index contributed by atoms with van der Waals surface area (Å²) in [7, 11) is -3.42. The molecule has 0 atom stereocenters. The molecule has 3 nitrogen and oxygen atoms in total. The number of benzene rings is 1. The molecule has 0 spiro atoms. The Balaban J connectivity index is 2.52. The van der Waals surface area contributed by atoms with Crippen LogP contribution in [0.5, 0.6) is 0 Å². The zero-order chi connectivity index (χ0) is 12.0. The summed E-state index contributed by atoms with van der Waals surface area (Å²) >= 11 is 0. The molecule has 0 unspecified atom stereocenters. The fraction of sp³-hybridized carbons (Fsp3) is 0.455. The van der Waals surface area contributed by atoms with Crippen LogP contribution in [-0.2, 0) is 9.84 Å². The van der Waals surface area contributed by atoms with Crippen LogP contribution in [-0.4, -0.2) is 19.7 Å². The van der Waals surface area contributed by atoms with Crippen LogP contribution in [0, 0.1) is 12.7 Å². The van der Waals surface area contributed by atoms with Crippen molar-refractivity contribution in [2.75, 3.05) is 6.54 Å². The molecule has 88 valence electrons. The SMILES string of the molecule is Cc1cc(F)ccc1S(=O)(=O)C1(CN)CC1. The number of rotatable bonds is 3. The van der Waals surface area contributed by atoms with Crippen LogP contribution >= 0.6 is 0 Å². The Morgan fingerprint density at radius 2 is 2.06 bits per heavy atom. The highest BCUT2D eigenvalue weighted by Crippen LogP contribution is 2.46. The first-order valence-corrected chi connectivity index (χ1v) is 6.62. The standard InChI is InChI=1S/C11H14FNO2S/c1-8-6-9(12)2-3-10(8)16(14,15)11(7-13)4-5-11/h2-3,6H,4-5,7,13H2,1H3. The van der Waals surface area contributed by atoms with Gasteiger partial charge in [0.15, 0.2) is 9.84 Å². The van der Waals surface area contributed by atoms with Crippen molar-refractivity contribution in [1.29, 1.82) is 0 Å². The van der Waals surface area contributed by atoms with E-state index in [-0.39, 0.29) is 11.4 Å². The highest BCUT2D eigenvalue weighted by molar-refractivity contribution is 7.93. The third-order valence-corrected chi connectivity index (χ3v) is 5.93. The Hall–Kier alpha value is -0.940. The molecule has 1 aromatic carbocycles. The first-order chi connectivity index (χ1) is 7.43. The van der Waals surface area contributed by atoms with Crippen LogP contribution in [0.4, 0.5) is 4.39 Å². The molecule has 5 heteroatoms. The molecule has 2 rings (SSSR count). The Bertz CT molecular complexity index is 521. The lowest BCUT2D eigenvalue weighted by atomic mass is 10.2. The molecule has 1 aromatic rings. The summed E-state index contributed by atoms with van der Waals surface area (Å²) in [5, 5.41) is 0. The zero-order valence-electron chi connectivity index (χ0n) is 9.03. The second-order valence-corrected chi connectivity index (χ2v) is 6.61. The molecule has 0 aliphatic heterocycles. The molecule has 0 amide bonds. The second kappa shape index (κ2) is 3.53. The number of nitrogens with two attached hydrogens (primary N) is 1. The molecule has 0 saturated heterocycles. The number of hydrogen-bond acceptors (Lipinski definition) is 3. The van der Waals surface area contributed by atoms with Gasteiger partial charge in [-0.3, -0.25) is 0 Å². The van der Waals surface area contributed by atoms with Crippen molar-refractivity contribution in [2.45, 2.75) is 29.4 Å². The predicted molar refractivity (Wildman–Crippen MR) is 59.3 cm³/mol. The fourth-order valence-electron chi connectivity index (χ4n) is 1.87. The predicted octanol–water partition coefficient (Wildman–Crippen LogP) is 1.40. The molecule has 1 fully saturated rings. The lowest BCUT2D eigenvalue weighted by Crippen LogP contribution is -2.32. The summed E-state index contributed by atoms with van der Waals surface area (Å²) in [5.41, 5.74) is 5.96. The molecule has 0 aromatic heterocycles. The van der Waals surface area contributed by atoms with E-state index in [9.17, 15) is 12.8 Å². The normalized spacial score (nSPS) is 18.4. The number of hydrogen-bond donors (Lipinski definition) is 1. The maximum atomic E-state index is 12.9. The zero-order valence-corrected chi connectivity index (χ0v) is 9.85. The molecular weight excluding hydrogens is 229 g/mol. The van der Waals surface area contributed by atoms with Crippen molar-refractivity contribution in [2.24, 2.45) is 5.73 Å². The number of halogens is 1. The smallest absolute Gasteiger partial charge is 0.185 e. The lowest BCUT2D eigenvalue weighted by Gasteiger charge is -2.15. The van der Waals surface area contributed by atoms with Crippen molar-refractivity contribution in [3.63, 3.8) is 0 Å². The van der Waals surface area contributed by atoms with Crippen molar-refractivity contribution in [3.05, 3.63) is 29.6 Å². The lowest BCUT2D eigenvalue weighted by molar-refractivity contribution is 0.575. The first-order valence-electron chi connectivity index (χ1n) is 5.14. The molecule has 1 aliphatic rings. The van der Waals surface area contributed by atoms with Gasteiger partial charge in [0.05, 0.1) is 9.64 Å². The van der Waals surface area contributed by atoms with Gasteiger partial charge in [0.25, 0.3) is 0 Å². The van der Waals surface area contributed by atoms with Gasteiger partial charge in [0.1, 0.15) is 5.82 Å². The summed E-state index contributed by atoms with van der Waals surface area (Å²) in [5.74, 6) is -0.422. The fourth-order valence-corrected chi connectivity index (χ4v) is 3.93. The van der Waals surface area contributed by atoms with Gasteiger partial charge < -0.3 is 5.73 Å². The number of aryl methyl sites for hydroxylation is 1. The van der Waals surface area contributed by atoms with Crippen LogP contribution in [0.25, 0.3) is 0 Å². The number of sulfone groups is 1. The minimum atomic E-state index is -3.42. The van der Waals surface area contributed by atoms with Gasteiger partial charge in [0, 0.05) is 6.54 Å². The highest BCUT2D eigenvalue weighted by atomic mass is 32.2. The minimum Gasteiger partial charge on any atom is -0.329 e. The molecule has 16 heavy (non-hydrogen) atoms. The van der Waals surface area contributed by atoms with Crippen LogP contribution in [0.15, 0.2) is 23.1 Å². The van der Waals surface area contributed by atoms with Crippen LogP contribution in [0.1, 0.15) is 18.4 Å². The van der Waals surface area contributed by atoms with Gasteiger partial charge in [-0.05, 0) is 43.5 Å². The average Bonchev–Trinajstić information content (AvgIpc) is 2.97. The van der Waals surface area contributed by atoms with E-state index in [1.165, 1.54) is 18.2 Å². The first kappa shape index (κ1) is 11.5. The van der Waals surface area contributed by atoms with E-state index in [0.717, 1.165) is 0 Å². The second-order valence-electron chi connectivity index (χ2n) is 4.30. The van der Waals surface area contributed by atoms with Crippen LogP contribution in [0.2, 0.25) is 0 Å². The maximum absolute atomic E-state index is 12.9. The highest BCUT2D eigenvalue weighted by Gasteiger charge is 2.54. The third kappa shape index (κ3) is 1.55. The van der Waals surface area contributed by atoms with Crippen molar-refractivity contribution < 1.29 is 12.8 Å². The molecule has 1 saturated carbocycles. The molecule has 0 bridgehead atoms. The summed E-state index contributed by atoms with van der Waals surface area (Å²) < 4.78 is 36.7. The molecule has 0 heterocycles. The van der Waals surface area contributed by atoms with E-state index in [2.05, 4.69) is 0 Å². The Morgan fingerprint density at radius 1 is 1.44 bits per heavy atom. The van der Waals surface area contributed by atoms with Crippen molar-refractivity contribution in [1.82, 2.24) is 0 Å². The van der Waals surface area contributed by atoms with Crippen LogP contribution in [0.3, 0.4) is 0 Å². The van der Waals surface area contributed by atoms with Crippen molar-refractivity contribution in [3.8, 4) is 0 Å². The van der Waals surface area contributed by atoms with Gasteiger partial charge in [-0.1, -0.05) is 0 Å². The van der Waals surface area contributed by atoms with Crippen molar-refractivity contribution >= 4 is 9.84 Å². The minimum absolute atomic E-state index is 0.131. The van der Waals surface area contributed by atoms with E-state index in [4.69, 9.17) is 5.73 Å². The van der Waals surface area contributed by atoms with Gasteiger partial charge >= 0.3 is 0 Å². The van der Waals surface area contributed by atoms with E-state index >= 15 is 0 Å². The van der Waals surface area contributed by atoms with Gasteiger partial charge in [-0.2, -0.15) is 0 Å². The quantitative estimate of drug-likeness (QED) is 0.816. The van der Waals surface area contributed by atoms with E-state index in [1.54, 1.807) is 6.92 Å². The molecule has 0 radical (unpaired) electrons. The molecular formula is C11H14FNO2S. The summed E-state index contributed by atoms with van der Waals surface area (Å²) in [4.78, 5) is 0.205. The van der Waals surface area contributed by atoms with Gasteiger partial charge in [0.2, 0.25) is 0 Å². The topological polar surface area (TPSA) is 60.2 Å². The average molecular weight is 243 g/mol. The molecule has 1 aliphatic carbocycles. The summed E-state index contributed by atoms with van der Waals surface area (Å²) in [6.07, 6.45) is 1.20. The Morgan fingerprint density at radius 3 is 2.50 bits per heavy atom. The van der Waals surface area contributed by atoms with Gasteiger partial charge in [-0.15, -0.1) is 0 Å². The maximum Gasteiger partial charge on any atom is 0.185 e. The van der Waals surface area contributed by atoms with E-state index in [1.807, 2.05) is 0 Å². The summed E-state index contributed by atoms with van der Waals surface area (Å²) in [6.45, 7) is 1.73. The Kier molecular flexibility index (Phi) is 2.55. The Labute approximate surface area is 94.4 Å². The monoisotopic (exact) mass is 243 g/mol. The van der Waals surface area contributed by atoms with Crippen LogP contribution < -0.4 is 5.73 Å². The largest absolute Gasteiger partial charge is 0.329 e. The van der Waals surface area contributed by atoms with E-state index in [0.29, 0.717) is 18.4 Å². The molecule has 2 N–H and O–H groups in total. The van der Waals surface area contributed by atoms with Gasteiger partial charge in [-0.25, -0.2) is 12.8 Å². The third-order valence-electron chi connectivity index (χ3n) is 3.18.